The van der Waals surface area contributed by atoms with Crippen molar-refractivity contribution in [2.24, 2.45) is 0 Å². The van der Waals surface area contributed by atoms with Crippen molar-refractivity contribution >= 4 is 5.91 Å². The smallest absolute Gasteiger partial charge is 0.275 e. The molecule has 1 aliphatic heterocycles. The van der Waals surface area contributed by atoms with Gasteiger partial charge in [-0.3, -0.25) is 9.89 Å². The number of methoxy groups -OCH3 is 1. The predicted molar refractivity (Wildman–Crippen MR) is 113 cm³/mol. The number of amides is 1. The molecule has 1 saturated heterocycles. The minimum absolute atomic E-state index is 0.0650. The molecule has 0 radical (unpaired) electrons. The summed E-state index contributed by atoms with van der Waals surface area (Å²) in [5.41, 5.74) is 3.42. The molecule has 0 spiro atoms. The Morgan fingerprint density at radius 2 is 1.97 bits per heavy atom. The molecule has 8 nitrogen and oxygen atoms in total. The van der Waals surface area contributed by atoms with Gasteiger partial charge in [-0.25, -0.2) is 0 Å². The summed E-state index contributed by atoms with van der Waals surface area (Å²) in [5.74, 6) is 1.61. The summed E-state index contributed by atoms with van der Waals surface area (Å²) in [5, 5.41) is 11.4. The average molecular weight is 415 g/mol. The average Bonchev–Trinajstić information content (AvgIpc) is 3.55. The highest BCUT2D eigenvalue weighted by atomic mass is 16.5. The van der Waals surface area contributed by atoms with Crippen molar-refractivity contribution < 1.29 is 14.1 Å². The van der Waals surface area contributed by atoms with E-state index in [9.17, 15) is 4.79 Å². The maximum atomic E-state index is 12.6. The number of aromatic nitrogens is 4. The van der Waals surface area contributed by atoms with E-state index in [0.717, 1.165) is 22.6 Å². The Balaban J connectivity index is 1.30. The van der Waals surface area contributed by atoms with Gasteiger partial charge in [-0.15, -0.1) is 0 Å². The molecule has 1 aliphatic rings. The molecule has 5 rings (SSSR count). The second-order valence-electron chi connectivity index (χ2n) is 7.48. The molecule has 0 bridgehead atoms. The van der Waals surface area contributed by atoms with Crippen molar-refractivity contribution in [3.63, 3.8) is 0 Å². The molecule has 2 aromatic heterocycles. The molecule has 1 N–H and O–H groups in total. The number of carbonyl (C=O) groups excluding carboxylic acids is 1. The van der Waals surface area contributed by atoms with Crippen LogP contribution in [0.3, 0.4) is 0 Å². The Kier molecular flexibility index (Phi) is 4.95. The monoisotopic (exact) mass is 415 g/mol. The van der Waals surface area contributed by atoms with E-state index in [0.29, 0.717) is 36.9 Å². The molecule has 0 aliphatic carbocycles. The van der Waals surface area contributed by atoms with Crippen LogP contribution in [-0.2, 0) is 11.3 Å². The third kappa shape index (κ3) is 3.79. The molecule has 1 amide bonds. The highest BCUT2D eigenvalue weighted by Crippen LogP contribution is 2.31. The van der Waals surface area contributed by atoms with E-state index in [4.69, 9.17) is 9.26 Å². The number of para-hydroxylation sites is 1. The van der Waals surface area contributed by atoms with Crippen LogP contribution in [0.4, 0.5) is 0 Å². The van der Waals surface area contributed by atoms with Crippen LogP contribution in [0, 0.1) is 0 Å². The predicted octanol–water partition coefficient (Wildman–Crippen LogP) is 3.65. The minimum Gasteiger partial charge on any atom is -0.496 e. The Morgan fingerprint density at radius 3 is 2.81 bits per heavy atom. The zero-order valence-corrected chi connectivity index (χ0v) is 17.0. The lowest BCUT2D eigenvalue weighted by Gasteiger charge is -2.17. The first-order chi connectivity index (χ1) is 15.2. The fourth-order valence-electron chi connectivity index (χ4n) is 3.84. The van der Waals surface area contributed by atoms with Crippen LogP contribution < -0.4 is 4.74 Å². The van der Waals surface area contributed by atoms with Crippen molar-refractivity contribution in [2.75, 3.05) is 13.7 Å². The number of H-pyrrole nitrogens is 1. The first-order valence-electron chi connectivity index (χ1n) is 10.1. The second-order valence-corrected chi connectivity index (χ2v) is 7.48. The van der Waals surface area contributed by atoms with Gasteiger partial charge < -0.3 is 14.2 Å². The van der Waals surface area contributed by atoms with Gasteiger partial charge in [0, 0.05) is 36.6 Å². The number of hydrogen-bond acceptors (Lipinski definition) is 6. The molecule has 1 fully saturated rings. The summed E-state index contributed by atoms with van der Waals surface area (Å²) in [6.45, 7) is 1.03. The summed E-state index contributed by atoms with van der Waals surface area (Å²) >= 11 is 0. The Morgan fingerprint density at radius 1 is 1.16 bits per heavy atom. The van der Waals surface area contributed by atoms with E-state index >= 15 is 0 Å². The standard InChI is InChI=1S/C23H21N5O3/c1-30-20-10-6-5-9-16(20)13-28-14-17(11-21(28)29)22-24-23(31-27-22)19-12-18(25-26-19)15-7-3-2-4-8-15/h2-10,12,17H,11,13-14H2,1H3,(H,25,26). The fourth-order valence-corrected chi connectivity index (χ4v) is 3.84. The van der Waals surface area contributed by atoms with Crippen molar-refractivity contribution in [2.45, 2.75) is 18.9 Å². The highest BCUT2D eigenvalue weighted by molar-refractivity contribution is 5.79. The number of ether oxygens (including phenoxy) is 1. The third-order valence-corrected chi connectivity index (χ3v) is 5.45. The molecule has 31 heavy (non-hydrogen) atoms. The van der Waals surface area contributed by atoms with Crippen LogP contribution in [0.2, 0.25) is 0 Å². The summed E-state index contributed by atoms with van der Waals surface area (Å²) in [6.07, 6.45) is 0.354. The summed E-state index contributed by atoms with van der Waals surface area (Å²) in [7, 11) is 1.63. The van der Waals surface area contributed by atoms with Crippen molar-refractivity contribution in [3.05, 3.63) is 72.1 Å². The van der Waals surface area contributed by atoms with Gasteiger partial charge in [0.2, 0.25) is 5.91 Å². The number of benzene rings is 2. The minimum atomic E-state index is -0.115. The fraction of sp³-hybridized carbons (Fsp3) is 0.217. The third-order valence-electron chi connectivity index (χ3n) is 5.45. The quantitative estimate of drug-likeness (QED) is 0.516. The number of hydrogen-bond donors (Lipinski definition) is 1. The summed E-state index contributed by atoms with van der Waals surface area (Å²) < 4.78 is 10.9. The first-order valence-corrected chi connectivity index (χ1v) is 10.1. The lowest BCUT2D eigenvalue weighted by atomic mass is 10.1. The van der Waals surface area contributed by atoms with Gasteiger partial charge in [-0.2, -0.15) is 10.1 Å². The maximum absolute atomic E-state index is 12.6. The zero-order chi connectivity index (χ0) is 21.2. The van der Waals surface area contributed by atoms with Gasteiger partial charge in [-0.1, -0.05) is 53.7 Å². The van der Waals surface area contributed by atoms with E-state index in [2.05, 4.69) is 20.3 Å². The summed E-state index contributed by atoms with van der Waals surface area (Å²) in [6, 6.07) is 19.4. The van der Waals surface area contributed by atoms with E-state index in [1.54, 1.807) is 7.11 Å². The number of aromatic amines is 1. The Bertz CT molecular complexity index is 1200. The van der Waals surface area contributed by atoms with E-state index in [-0.39, 0.29) is 11.8 Å². The molecule has 0 saturated carbocycles. The van der Waals surface area contributed by atoms with E-state index in [1.807, 2.05) is 65.6 Å². The normalized spacial score (nSPS) is 16.1. The molecule has 1 unspecified atom stereocenters. The molecule has 156 valence electrons. The zero-order valence-electron chi connectivity index (χ0n) is 17.0. The van der Waals surface area contributed by atoms with Crippen LogP contribution in [0.15, 0.2) is 65.2 Å². The van der Waals surface area contributed by atoms with Crippen LogP contribution >= 0.6 is 0 Å². The molecule has 4 aromatic rings. The van der Waals surface area contributed by atoms with Gasteiger partial charge in [0.15, 0.2) is 5.82 Å². The number of nitrogens with one attached hydrogen (secondary N) is 1. The van der Waals surface area contributed by atoms with Crippen molar-refractivity contribution in [3.8, 4) is 28.6 Å². The number of carbonyl (C=O) groups is 1. The highest BCUT2D eigenvalue weighted by Gasteiger charge is 2.34. The number of nitrogens with zero attached hydrogens (tertiary/aromatic N) is 4. The molecular formula is C23H21N5O3. The molecule has 8 heteroatoms. The molecule has 2 aromatic carbocycles. The van der Waals surface area contributed by atoms with Crippen LogP contribution in [0.25, 0.3) is 22.8 Å². The number of rotatable bonds is 6. The Labute approximate surface area is 178 Å². The topological polar surface area (TPSA) is 97.1 Å². The van der Waals surface area contributed by atoms with E-state index in [1.165, 1.54) is 0 Å². The lowest BCUT2D eigenvalue weighted by Crippen LogP contribution is -2.24. The van der Waals surface area contributed by atoms with Gasteiger partial charge in [0.25, 0.3) is 5.89 Å². The van der Waals surface area contributed by atoms with Crippen molar-refractivity contribution in [1.29, 1.82) is 0 Å². The Hall–Kier alpha value is -3.94. The second kappa shape index (κ2) is 8.06. The first kappa shape index (κ1) is 19.0. The SMILES string of the molecule is COc1ccccc1CN1CC(c2noc(-c3cc(-c4ccccc4)n[nH]3)n2)CC1=O. The van der Waals surface area contributed by atoms with E-state index < -0.39 is 0 Å². The van der Waals surface area contributed by atoms with Gasteiger partial charge in [0.1, 0.15) is 11.4 Å². The largest absolute Gasteiger partial charge is 0.496 e. The van der Waals surface area contributed by atoms with Crippen LogP contribution in [-0.4, -0.2) is 44.8 Å². The van der Waals surface area contributed by atoms with Gasteiger partial charge in [-0.05, 0) is 12.1 Å². The van der Waals surface area contributed by atoms with Crippen LogP contribution in [0.5, 0.6) is 5.75 Å². The van der Waals surface area contributed by atoms with Crippen LogP contribution in [0.1, 0.15) is 23.7 Å². The number of likely N-dealkylation sites (tertiary alicyclic amines) is 1. The molecular weight excluding hydrogens is 394 g/mol. The maximum Gasteiger partial charge on any atom is 0.275 e. The van der Waals surface area contributed by atoms with Crippen molar-refractivity contribution in [1.82, 2.24) is 25.2 Å². The summed E-state index contributed by atoms with van der Waals surface area (Å²) in [4.78, 5) is 18.9. The lowest BCUT2D eigenvalue weighted by molar-refractivity contribution is -0.128. The van der Waals surface area contributed by atoms with Gasteiger partial charge >= 0.3 is 0 Å². The molecule has 3 heterocycles. The molecule has 1 atom stereocenters. The van der Waals surface area contributed by atoms with Gasteiger partial charge in [0.05, 0.1) is 12.8 Å².